The van der Waals surface area contributed by atoms with Gasteiger partial charge in [0.2, 0.25) is 0 Å². The van der Waals surface area contributed by atoms with Gasteiger partial charge in [0.25, 0.3) is 0 Å². The van der Waals surface area contributed by atoms with Crippen molar-refractivity contribution in [3.63, 3.8) is 0 Å². The van der Waals surface area contributed by atoms with Crippen LogP contribution in [0.2, 0.25) is 0 Å². The number of rotatable bonds is 8. The van der Waals surface area contributed by atoms with Crippen molar-refractivity contribution in [2.45, 2.75) is 64.5 Å². The van der Waals surface area contributed by atoms with Gasteiger partial charge in [0, 0.05) is 12.6 Å². The molecule has 0 aromatic heterocycles. The lowest BCUT2D eigenvalue weighted by Gasteiger charge is -2.20. The van der Waals surface area contributed by atoms with Gasteiger partial charge in [0.15, 0.2) is 0 Å². The summed E-state index contributed by atoms with van der Waals surface area (Å²) in [6.07, 6.45) is 7.77. The van der Waals surface area contributed by atoms with E-state index in [1.54, 1.807) is 0 Å². The maximum absolute atomic E-state index is 5.75. The van der Waals surface area contributed by atoms with Gasteiger partial charge in [0.1, 0.15) is 0 Å². The van der Waals surface area contributed by atoms with Crippen molar-refractivity contribution in [2.75, 3.05) is 13.2 Å². The number of hydrogen-bond acceptors (Lipinski definition) is 2. The number of hydrogen-bond donors (Lipinski definition) is 1. The molecule has 0 spiro atoms. The van der Waals surface area contributed by atoms with Crippen molar-refractivity contribution < 1.29 is 4.74 Å². The molecule has 2 nitrogen and oxygen atoms in total. The molecular weight excluding hydrogens is 246 g/mol. The van der Waals surface area contributed by atoms with Crippen molar-refractivity contribution in [1.29, 1.82) is 0 Å². The Morgan fingerprint density at radius 1 is 1.40 bits per heavy atom. The van der Waals surface area contributed by atoms with E-state index in [9.17, 15) is 0 Å². The Bertz CT molecular complexity index is 385. The molecule has 0 aliphatic carbocycles. The molecule has 1 heterocycles. The molecule has 2 unspecified atom stereocenters. The molecule has 0 radical (unpaired) electrons. The van der Waals surface area contributed by atoms with Crippen LogP contribution in [0.1, 0.15) is 50.2 Å². The van der Waals surface area contributed by atoms with Crippen LogP contribution in [0.25, 0.3) is 0 Å². The van der Waals surface area contributed by atoms with Gasteiger partial charge in [-0.15, -0.1) is 0 Å². The van der Waals surface area contributed by atoms with Gasteiger partial charge in [-0.05, 0) is 57.6 Å². The number of benzene rings is 1. The Kier molecular flexibility index (Phi) is 6.55. The molecule has 1 aromatic carbocycles. The van der Waals surface area contributed by atoms with Crippen LogP contribution in [-0.2, 0) is 11.2 Å². The van der Waals surface area contributed by atoms with Gasteiger partial charge < -0.3 is 10.1 Å². The van der Waals surface area contributed by atoms with Crippen LogP contribution in [0.4, 0.5) is 0 Å². The molecule has 1 saturated heterocycles. The molecule has 1 aliphatic heterocycles. The van der Waals surface area contributed by atoms with Gasteiger partial charge in [-0.25, -0.2) is 0 Å². The molecular formula is C18H29NO. The van der Waals surface area contributed by atoms with E-state index in [1.165, 1.54) is 43.2 Å². The summed E-state index contributed by atoms with van der Waals surface area (Å²) in [4.78, 5) is 0. The maximum atomic E-state index is 5.75. The lowest BCUT2D eigenvalue weighted by Crippen LogP contribution is -2.32. The largest absolute Gasteiger partial charge is 0.378 e. The molecule has 1 N–H and O–H groups in total. The van der Waals surface area contributed by atoms with Crippen molar-refractivity contribution in [3.8, 4) is 0 Å². The van der Waals surface area contributed by atoms with E-state index in [0.29, 0.717) is 12.1 Å². The highest BCUT2D eigenvalue weighted by Gasteiger charge is 2.18. The van der Waals surface area contributed by atoms with E-state index in [1.807, 2.05) is 0 Å². The molecule has 112 valence electrons. The predicted octanol–water partition coefficient (Wildman–Crippen LogP) is 3.86. The van der Waals surface area contributed by atoms with E-state index in [-0.39, 0.29) is 0 Å². The third-order valence-electron chi connectivity index (χ3n) is 4.11. The SMILES string of the molecule is CCCNC(CCC1CCCO1)Cc1cccc(C)c1. The highest BCUT2D eigenvalue weighted by molar-refractivity contribution is 5.23. The Morgan fingerprint density at radius 2 is 2.30 bits per heavy atom. The lowest BCUT2D eigenvalue weighted by atomic mass is 9.98. The molecule has 2 rings (SSSR count). The second-order valence-corrected chi connectivity index (χ2v) is 6.06. The Hall–Kier alpha value is -0.860. The van der Waals surface area contributed by atoms with E-state index in [0.717, 1.165) is 19.6 Å². The fourth-order valence-corrected chi connectivity index (χ4v) is 3.01. The average molecular weight is 275 g/mol. The summed E-state index contributed by atoms with van der Waals surface area (Å²) < 4.78 is 5.75. The first-order chi connectivity index (χ1) is 9.78. The summed E-state index contributed by atoms with van der Waals surface area (Å²) in [5.74, 6) is 0. The highest BCUT2D eigenvalue weighted by atomic mass is 16.5. The number of ether oxygens (including phenoxy) is 1. The van der Waals surface area contributed by atoms with E-state index in [2.05, 4.69) is 43.4 Å². The van der Waals surface area contributed by atoms with Crippen LogP contribution in [-0.4, -0.2) is 25.3 Å². The monoisotopic (exact) mass is 275 g/mol. The van der Waals surface area contributed by atoms with Crippen LogP contribution in [0, 0.1) is 6.92 Å². The standard InChI is InChI=1S/C18H29NO/c1-3-11-19-17(9-10-18-8-5-12-20-18)14-16-7-4-6-15(2)13-16/h4,6-7,13,17-19H,3,5,8-12,14H2,1-2H3. The predicted molar refractivity (Wildman–Crippen MR) is 85.2 cm³/mol. The maximum Gasteiger partial charge on any atom is 0.0576 e. The molecule has 20 heavy (non-hydrogen) atoms. The third kappa shape index (κ3) is 5.26. The first kappa shape index (κ1) is 15.5. The third-order valence-corrected chi connectivity index (χ3v) is 4.11. The number of nitrogens with one attached hydrogen (secondary N) is 1. The van der Waals surface area contributed by atoms with Crippen molar-refractivity contribution in [3.05, 3.63) is 35.4 Å². The fourth-order valence-electron chi connectivity index (χ4n) is 3.01. The smallest absolute Gasteiger partial charge is 0.0576 e. The van der Waals surface area contributed by atoms with Gasteiger partial charge in [-0.1, -0.05) is 36.8 Å². The molecule has 0 saturated carbocycles. The zero-order valence-corrected chi connectivity index (χ0v) is 13.0. The quantitative estimate of drug-likeness (QED) is 0.777. The van der Waals surface area contributed by atoms with Crippen LogP contribution >= 0.6 is 0 Å². The van der Waals surface area contributed by atoms with Crippen LogP contribution in [0.3, 0.4) is 0 Å². The minimum atomic E-state index is 0.512. The minimum absolute atomic E-state index is 0.512. The second kappa shape index (κ2) is 8.43. The van der Waals surface area contributed by atoms with Crippen LogP contribution < -0.4 is 5.32 Å². The second-order valence-electron chi connectivity index (χ2n) is 6.06. The molecule has 1 aliphatic rings. The summed E-state index contributed by atoms with van der Waals surface area (Å²) in [6.45, 7) is 6.48. The molecule has 2 heteroatoms. The van der Waals surface area contributed by atoms with Crippen LogP contribution in [0.5, 0.6) is 0 Å². The van der Waals surface area contributed by atoms with Gasteiger partial charge in [-0.2, -0.15) is 0 Å². The van der Waals surface area contributed by atoms with Gasteiger partial charge in [0.05, 0.1) is 6.10 Å². The normalized spacial score (nSPS) is 20.2. The Morgan fingerprint density at radius 3 is 3.00 bits per heavy atom. The Labute approximate surface area is 123 Å². The van der Waals surface area contributed by atoms with Gasteiger partial charge in [-0.3, -0.25) is 0 Å². The first-order valence-corrected chi connectivity index (χ1v) is 8.18. The summed E-state index contributed by atoms with van der Waals surface area (Å²) >= 11 is 0. The van der Waals surface area contributed by atoms with E-state index >= 15 is 0 Å². The molecule has 0 amide bonds. The lowest BCUT2D eigenvalue weighted by molar-refractivity contribution is 0.0995. The molecule has 1 fully saturated rings. The van der Waals surface area contributed by atoms with Gasteiger partial charge >= 0.3 is 0 Å². The summed E-state index contributed by atoms with van der Waals surface area (Å²) in [5, 5.41) is 3.71. The van der Waals surface area contributed by atoms with Crippen molar-refractivity contribution >= 4 is 0 Å². The Balaban J connectivity index is 1.85. The summed E-state index contributed by atoms with van der Waals surface area (Å²) in [7, 11) is 0. The zero-order valence-electron chi connectivity index (χ0n) is 13.0. The zero-order chi connectivity index (χ0) is 14.2. The minimum Gasteiger partial charge on any atom is -0.378 e. The highest BCUT2D eigenvalue weighted by Crippen LogP contribution is 2.19. The average Bonchev–Trinajstić information content (AvgIpc) is 2.95. The van der Waals surface area contributed by atoms with Crippen molar-refractivity contribution in [2.24, 2.45) is 0 Å². The molecule has 1 aromatic rings. The van der Waals surface area contributed by atoms with Crippen LogP contribution in [0.15, 0.2) is 24.3 Å². The van der Waals surface area contributed by atoms with E-state index < -0.39 is 0 Å². The summed E-state index contributed by atoms with van der Waals surface area (Å²) in [5.41, 5.74) is 2.81. The molecule has 0 bridgehead atoms. The van der Waals surface area contributed by atoms with Crippen molar-refractivity contribution in [1.82, 2.24) is 5.32 Å². The van der Waals surface area contributed by atoms with E-state index in [4.69, 9.17) is 4.74 Å². The molecule has 2 atom stereocenters. The summed E-state index contributed by atoms with van der Waals surface area (Å²) in [6, 6.07) is 9.49. The first-order valence-electron chi connectivity index (χ1n) is 8.18. The fraction of sp³-hybridized carbons (Fsp3) is 0.667. The number of aryl methyl sites for hydroxylation is 1. The topological polar surface area (TPSA) is 21.3 Å².